The monoisotopic (exact) mass is 414 g/mol. The number of rotatable bonds is 8. The minimum Gasteiger partial charge on any atom is -0.373 e. The van der Waals surface area contributed by atoms with Gasteiger partial charge in [0.1, 0.15) is 0 Å². The maximum atomic E-state index is 5.53. The summed E-state index contributed by atoms with van der Waals surface area (Å²) in [6.07, 6.45) is 15.2. The first-order valence-corrected chi connectivity index (χ1v) is 12.3. The van der Waals surface area contributed by atoms with Crippen molar-refractivity contribution in [1.82, 2.24) is 0 Å². The van der Waals surface area contributed by atoms with E-state index in [9.17, 15) is 0 Å². The van der Waals surface area contributed by atoms with Gasteiger partial charge < -0.3 is 4.74 Å². The van der Waals surface area contributed by atoms with Gasteiger partial charge in [0.25, 0.3) is 0 Å². The molecular formula is C30H38O. The van der Waals surface area contributed by atoms with E-state index in [0.29, 0.717) is 13.2 Å². The molecule has 0 aromatic heterocycles. The van der Waals surface area contributed by atoms with Crippen molar-refractivity contribution >= 4 is 0 Å². The first-order valence-electron chi connectivity index (χ1n) is 12.3. The summed E-state index contributed by atoms with van der Waals surface area (Å²) in [6.45, 7) is 8.93. The second-order valence-corrected chi connectivity index (χ2v) is 9.65. The third kappa shape index (κ3) is 5.77. The van der Waals surface area contributed by atoms with Crippen LogP contribution in [0.1, 0.15) is 68.4 Å². The van der Waals surface area contributed by atoms with E-state index >= 15 is 0 Å². The molecule has 0 saturated heterocycles. The minimum absolute atomic E-state index is 0.599. The molecule has 2 fully saturated rings. The Morgan fingerprint density at radius 3 is 1.81 bits per heavy atom. The fraction of sp³-hybridized carbons (Fsp3) is 0.467. The van der Waals surface area contributed by atoms with E-state index in [1.54, 1.807) is 6.08 Å². The van der Waals surface area contributed by atoms with Gasteiger partial charge >= 0.3 is 0 Å². The molecule has 0 heterocycles. The molecular weight excluding hydrogens is 376 g/mol. The second kappa shape index (κ2) is 11.0. The van der Waals surface area contributed by atoms with Gasteiger partial charge in [0, 0.05) is 0 Å². The van der Waals surface area contributed by atoms with Crippen LogP contribution in [0.4, 0.5) is 0 Å². The molecule has 164 valence electrons. The lowest BCUT2D eigenvalue weighted by molar-refractivity contribution is 0.149. The van der Waals surface area contributed by atoms with E-state index in [-0.39, 0.29) is 0 Å². The van der Waals surface area contributed by atoms with Crippen molar-refractivity contribution < 1.29 is 4.74 Å². The Morgan fingerprint density at radius 1 is 0.710 bits per heavy atom. The maximum Gasteiger partial charge on any atom is 0.0721 e. The van der Waals surface area contributed by atoms with E-state index in [1.165, 1.54) is 73.6 Å². The first-order chi connectivity index (χ1) is 15.3. The van der Waals surface area contributed by atoms with Crippen LogP contribution in [0.15, 0.2) is 73.8 Å². The molecule has 2 saturated carbocycles. The predicted molar refractivity (Wildman–Crippen MR) is 132 cm³/mol. The zero-order chi connectivity index (χ0) is 21.5. The average Bonchev–Trinajstić information content (AvgIpc) is 2.85. The average molecular weight is 415 g/mol. The van der Waals surface area contributed by atoms with E-state index < -0.39 is 0 Å². The molecule has 31 heavy (non-hydrogen) atoms. The lowest BCUT2D eigenvalue weighted by atomic mass is 9.68. The second-order valence-electron chi connectivity index (χ2n) is 9.65. The molecule has 4 rings (SSSR count). The summed E-state index contributed by atoms with van der Waals surface area (Å²) in [5.74, 6) is 3.48. The molecule has 0 N–H and O–H groups in total. The fourth-order valence-corrected chi connectivity index (χ4v) is 5.78. The lowest BCUT2D eigenvalue weighted by Gasteiger charge is -2.37. The van der Waals surface area contributed by atoms with Gasteiger partial charge in [-0.3, -0.25) is 0 Å². The van der Waals surface area contributed by atoms with Crippen LogP contribution in [0.25, 0.3) is 11.1 Å². The van der Waals surface area contributed by atoms with Gasteiger partial charge in [-0.05, 0) is 97.3 Å². The quantitative estimate of drug-likeness (QED) is 0.312. The highest BCUT2D eigenvalue weighted by molar-refractivity contribution is 5.64. The normalized spacial score (nSPS) is 26.3. The largest absolute Gasteiger partial charge is 0.373 e. The Balaban J connectivity index is 1.29. The molecule has 1 heteroatoms. The van der Waals surface area contributed by atoms with Gasteiger partial charge in [-0.2, -0.15) is 0 Å². The molecule has 0 bridgehead atoms. The number of ether oxygens (including phenoxy) is 1. The number of allylic oxidation sites excluding steroid dienone is 1. The highest BCUT2D eigenvalue weighted by Crippen LogP contribution is 2.44. The Kier molecular flexibility index (Phi) is 7.81. The number of hydrogen-bond acceptors (Lipinski definition) is 1. The standard InChI is InChI=1S/C30H38O/c1-3-21-31-22-24-7-11-26(12-8-24)28-15-19-30(20-16-28)29-17-13-27(14-18-29)25-9-5-23(4-2)6-10-25/h3-4,7-8,11-12,15-16,19-20,23,25,27,29H,1-2,5-6,9-10,13-14,17-18,21-22H2. The van der Waals surface area contributed by atoms with Gasteiger partial charge in [-0.25, -0.2) is 0 Å². The van der Waals surface area contributed by atoms with Crippen molar-refractivity contribution in [1.29, 1.82) is 0 Å². The van der Waals surface area contributed by atoms with Crippen LogP contribution in [0, 0.1) is 17.8 Å². The van der Waals surface area contributed by atoms with Gasteiger partial charge in [-0.1, -0.05) is 60.7 Å². The molecule has 0 radical (unpaired) electrons. The van der Waals surface area contributed by atoms with Crippen molar-refractivity contribution in [3.05, 3.63) is 85.0 Å². The summed E-state index contributed by atoms with van der Waals surface area (Å²) in [5, 5.41) is 0. The van der Waals surface area contributed by atoms with Crippen LogP contribution in [0.5, 0.6) is 0 Å². The van der Waals surface area contributed by atoms with E-state index in [0.717, 1.165) is 23.7 Å². The third-order valence-electron chi connectivity index (χ3n) is 7.76. The van der Waals surface area contributed by atoms with Gasteiger partial charge in [0.15, 0.2) is 0 Å². The maximum absolute atomic E-state index is 5.53. The Bertz CT molecular complexity index is 816. The van der Waals surface area contributed by atoms with Crippen LogP contribution >= 0.6 is 0 Å². The minimum atomic E-state index is 0.599. The summed E-state index contributed by atoms with van der Waals surface area (Å²) < 4.78 is 5.53. The molecule has 2 aromatic rings. The SMILES string of the molecule is C=CCOCc1ccc(-c2ccc(C3CCC(C4CCC(C=C)CC4)CC3)cc2)cc1. The zero-order valence-corrected chi connectivity index (χ0v) is 19.0. The summed E-state index contributed by atoms with van der Waals surface area (Å²) in [7, 11) is 0. The molecule has 2 aromatic carbocycles. The molecule has 0 amide bonds. The van der Waals surface area contributed by atoms with Crippen LogP contribution < -0.4 is 0 Å². The fourth-order valence-electron chi connectivity index (χ4n) is 5.78. The van der Waals surface area contributed by atoms with E-state index in [1.807, 2.05) is 0 Å². The van der Waals surface area contributed by atoms with Crippen molar-refractivity contribution in [2.24, 2.45) is 17.8 Å². The molecule has 0 aliphatic heterocycles. The van der Waals surface area contributed by atoms with E-state index in [2.05, 4.69) is 67.8 Å². The van der Waals surface area contributed by atoms with Crippen LogP contribution in [0.3, 0.4) is 0 Å². The first kappa shape index (κ1) is 22.1. The van der Waals surface area contributed by atoms with E-state index in [4.69, 9.17) is 4.74 Å². The molecule has 0 spiro atoms. The molecule has 2 aliphatic rings. The van der Waals surface area contributed by atoms with Crippen molar-refractivity contribution in [3.63, 3.8) is 0 Å². The molecule has 2 aliphatic carbocycles. The third-order valence-corrected chi connectivity index (χ3v) is 7.76. The smallest absolute Gasteiger partial charge is 0.0721 e. The highest BCUT2D eigenvalue weighted by Gasteiger charge is 2.30. The molecule has 1 nitrogen and oxygen atoms in total. The summed E-state index contributed by atoms with van der Waals surface area (Å²) in [5.41, 5.74) is 5.32. The number of benzene rings is 2. The van der Waals surface area contributed by atoms with Gasteiger partial charge in [0.05, 0.1) is 13.2 Å². The van der Waals surface area contributed by atoms with Crippen LogP contribution in [-0.4, -0.2) is 6.61 Å². The van der Waals surface area contributed by atoms with Crippen LogP contribution in [-0.2, 0) is 11.3 Å². The Hall–Kier alpha value is -2.12. The van der Waals surface area contributed by atoms with Crippen LogP contribution in [0.2, 0.25) is 0 Å². The Labute approximate surface area is 189 Å². The Morgan fingerprint density at radius 2 is 1.26 bits per heavy atom. The predicted octanol–water partition coefficient (Wildman–Crippen LogP) is 8.32. The molecule has 0 unspecified atom stereocenters. The number of hydrogen-bond donors (Lipinski definition) is 0. The van der Waals surface area contributed by atoms with Crippen molar-refractivity contribution in [2.45, 2.75) is 63.9 Å². The zero-order valence-electron chi connectivity index (χ0n) is 19.0. The van der Waals surface area contributed by atoms with Gasteiger partial charge in [-0.15, -0.1) is 13.2 Å². The summed E-state index contributed by atoms with van der Waals surface area (Å²) in [4.78, 5) is 0. The molecule has 0 atom stereocenters. The topological polar surface area (TPSA) is 9.23 Å². The highest BCUT2D eigenvalue weighted by atomic mass is 16.5. The summed E-state index contributed by atoms with van der Waals surface area (Å²) in [6, 6.07) is 18.1. The van der Waals surface area contributed by atoms with Crippen molar-refractivity contribution in [3.8, 4) is 11.1 Å². The van der Waals surface area contributed by atoms with Crippen molar-refractivity contribution in [2.75, 3.05) is 6.61 Å². The van der Waals surface area contributed by atoms with Gasteiger partial charge in [0.2, 0.25) is 0 Å². The summed E-state index contributed by atoms with van der Waals surface area (Å²) >= 11 is 0. The lowest BCUT2D eigenvalue weighted by Crippen LogP contribution is -2.25.